The van der Waals surface area contributed by atoms with Gasteiger partial charge in [-0.1, -0.05) is 23.1 Å². The van der Waals surface area contributed by atoms with Gasteiger partial charge >= 0.3 is 6.03 Å². The van der Waals surface area contributed by atoms with Crippen LogP contribution in [-0.2, 0) is 4.84 Å². The summed E-state index contributed by atoms with van der Waals surface area (Å²) in [5.74, 6) is 0. The number of anilines is 1. The number of hydrogen-bond donors (Lipinski definition) is 1. The van der Waals surface area contributed by atoms with Crippen molar-refractivity contribution in [3.8, 4) is 0 Å². The Morgan fingerprint density at radius 1 is 1.64 bits per heavy atom. The van der Waals surface area contributed by atoms with E-state index in [0.29, 0.717) is 5.13 Å². The summed E-state index contributed by atoms with van der Waals surface area (Å²) in [7, 11) is 2.92. The third-order valence-corrected chi connectivity index (χ3v) is 3.17. The van der Waals surface area contributed by atoms with Gasteiger partial charge in [0.25, 0.3) is 0 Å². The largest absolute Gasteiger partial charge is 0.347 e. The van der Waals surface area contributed by atoms with Gasteiger partial charge in [-0.3, -0.25) is 10.2 Å². The molecule has 1 heterocycles. The number of aromatic nitrogens is 2. The van der Waals surface area contributed by atoms with E-state index in [9.17, 15) is 4.79 Å². The maximum absolute atomic E-state index is 11.3. The van der Waals surface area contributed by atoms with Crippen LogP contribution in [0.25, 0.3) is 0 Å². The first-order valence-corrected chi connectivity index (χ1v) is 5.67. The standard InChI is InChI=1S/C6H10N4O2S2/c1-10(12-2)5(11)7-4-8-9-6(13-3)14-4/h1-3H3,(H,7,8,11). The van der Waals surface area contributed by atoms with Crippen LogP contribution >= 0.6 is 23.1 Å². The number of thioether (sulfide) groups is 1. The summed E-state index contributed by atoms with van der Waals surface area (Å²) in [6.45, 7) is 0. The highest BCUT2D eigenvalue weighted by Crippen LogP contribution is 2.23. The molecule has 6 nitrogen and oxygen atoms in total. The molecule has 14 heavy (non-hydrogen) atoms. The van der Waals surface area contributed by atoms with Gasteiger partial charge in [-0.15, -0.1) is 10.2 Å². The van der Waals surface area contributed by atoms with Crippen LogP contribution < -0.4 is 5.32 Å². The third kappa shape index (κ3) is 2.82. The van der Waals surface area contributed by atoms with Crippen molar-refractivity contribution in [3.05, 3.63) is 0 Å². The van der Waals surface area contributed by atoms with E-state index >= 15 is 0 Å². The molecule has 0 bridgehead atoms. The second kappa shape index (κ2) is 5.13. The van der Waals surface area contributed by atoms with Crippen LogP contribution in [0.2, 0.25) is 0 Å². The minimum Gasteiger partial charge on any atom is -0.280 e. The lowest BCUT2D eigenvalue weighted by Gasteiger charge is -2.12. The van der Waals surface area contributed by atoms with E-state index < -0.39 is 0 Å². The van der Waals surface area contributed by atoms with Crippen LogP contribution in [-0.4, -0.2) is 41.7 Å². The van der Waals surface area contributed by atoms with E-state index in [-0.39, 0.29) is 6.03 Å². The van der Waals surface area contributed by atoms with Crippen molar-refractivity contribution in [1.82, 2.24) is 15.3 Å². The summed E-state index contributed by atoms with van der Waals surface area (Å²) in [5, 5.41) is 11.7. The Labute approximate surface area is 89.6 Å². The molecule has 1 rings (SSSR count). The van der Waals surface area contributed by atoms with Crippen molar-refractivity contribution < 1.29 is 9.63 Å². The molecule has 1 aromatic heterocycles. The van der Waals surface area contributed by atoms with Crippen LogP contribution in [0.15, 0.2) is 4.34 Å². The van der Waals surface area contributed by atoms with Crippen LogP contribution in [0.4, 0.5) is 9.93 Å². The summed E-state index contributed by atoms with van der Waals surface area (Å²) in [6.07, 6.45) is 1.90. The van der Waals surface area contributed by atoms with Crippen LogP contribution in [0.3, 0.4) is 0 Å². The van der Waals surface area contributed by atoms with Crippen molar-refractivity contribution in [2.45, 2.75) is 4.34 Å². The van der Waals surface area contributed by atoms with Crippen molar-refractivity contribution >= 4 is 34.3 Å². The van der Waals surface area contributed by atoms with Crippen molar-refractivity contribution in [1.29, 1.82) is 0 Å². The minimum absolute atomic E-state index is 0.378. The minimum atomic E-state index is -0.378. The Bertz CT molecular complexity index is 317. The van der Waals surface area contributed by atoms with Crippen LogP contribution in [0, 0.1) is 0 Å². The molecule has 0 atom stereocenters. The maximum atomic E-state index is 11.3. The molecule has 0 fully saturated rings. The molecule has 0 aromatic carbocycles. The topological polar surface area (TPSA) is 67.3 Å². The van der Waals surface area contributed by atoms with Gasteiger partial charge in [0.2, 0.25) is 5.13 Å². The molecule has 0 aliphatic rings. The monoisotopic (exact) mass is 234 g/mol. The second-order valence-electron chi connectivity index (χ2n) is 2.19. The number of carbonyl (C=O) groups is 1. The number of nitrogens with zero attached hydrogens (tertiary/aromatic N) is 3. The summed E-state index contributed by atoms with van der Waals surface area (Å²) in [5.41, 5.74) is 0. The van der Waals surface area contributed by atoms with E-state index in [4.69, 9.17) is 0 Å². The highest BCUT2D eigenvalue weighted by molar-refractivity contribution is 8.00. The van der Waals surface area contributed by atoms with Gasteiger partial charge in [0.05, 0.1) is 7.11 Å². The Morgan fingerprint density at radius 3 is 2.86 bits per heavy atom. The Kier molecular flexibility index (Phi) is 4.11. The second-order valence-corrected chi connectivity index (χ2v) is 4.22. The van der Waals surface area contributed by atoms with Gasteiger partial charge < -0.3 is 0 Å². The highest BCUT2D eigenvalue weighted by Gasteiger charge is 2.10. The van der Waals surface area contributed by atoms with Crippen molar-refractivity contribution in [2.24, 2.45) is 0 Å². The van der Waals surface area contributed by atoms with Crippen molar-refractivity contribution in [2.75, 3.05) is 25.7 Å². The molecule has 78 valence electrons. The molecule has 0 saturated heterocycles. The lowest BCUT2D eigenvalue weighted by molar-refractivity contribution is -0.0598. The van der Waals surface area contributed by atoms with Gasteiger partial charge in [-0.25, -0.2) is 9.86 Å². The first-order chi connectivity index (χ1) is 6.67. The van der Waals surface area contributed by atoms with E-state index in [1.807, 2.05) is 6.26 Å². The quantitative estimate of drug-likeness (QED) is 0.485. The summed E-state index contributed by atoms with van der Waals surface area (Å²) in [6, 6.07) is -0.378. The SMILES string of the molecule is CON(C)C(=O)Nc1nnc(SC)s1. The summed E-state index contributed by atoms with van der Waals surface area (Å²) < 4.78 is 0.806. The molecule has 0 spiro atoms. The zero-order chi connectivity index (χ0) is 10.6. The highest BCUT2D eigenvalue weighted by atomic mass is 32.2. The predicted octanol–water partition coefficient (Wildman–Crippen LogP) is 1.29. The van der Waals surface area contributed by atoms with E-state index in [2.05, 4.69) is 20.4 Å². The first kappa shape index (κ1) is 11.2. The molecule has 0 aliphatic carbocycles. The van der Waals surface area contributed by atoms with Gasteiger partial charge in [0.1, 0.15) is 0 Å². The molecule has 0 saturated carbocycles. The molecule has 0 radical (unpaired) electrons. The number of carbonyl (C=O) groups excluding carboxylic acids is 1. The fraction of sp³-hybridized carbons (Fsp3) is 0.500. The normalized spacial score (nSPS) is 9.93. The predicted molar refractivity (Wildman–Crippen MR) is 55.5 cm³/mol. The molecule has 0 aliphatic heterocycles. The summed E-state index contributed by atoms with van der Waals surface area (Å²) >= 11 is 2.80. The number of amides is 2. The fourth-order valence-corrected chi connectivity index (χ4v) is 1.76. The maximum Gasteiger partial charge on any atom is 0.347 e. The first-order valence-electron chi connectivity index (χ1n) is 3.63. The number of rotatable bonds is 3. The summed E-state index contributed by atoms with van der Waals surface area (Å²) in [4.78, 5) is 16.0. The number of hydroxylamine groups is 2. The van der Waals surface area contributed by atoms with Gasteiger partial charge in [-0.05, 0) is 6.26 Å². The molecule has 8 heteroatoms. The molecule has 0 unspecified atom stereocenters. The van der Waals surface area contributed by atoms with Gasteiger partial charge in [0, 0.05) is 7.05 Å². The van der Waals surface area contributed by atoms with Gasteiger partial charge in [0.15, 0.2) is 4.34 Å². The smallest absolute Gasteiger partial charge is 0.280 e. The number of hydrogen-bond acceptors (Lipinski definition) is 6. The molecular formula is C6H10N4O2S2. The fourth-order valence-electron chi connectivity index (χ4n) is 0.596. The lowest BCUT2D eigenvalue weighted by Crippen LogP contribution is -2.30. The van der Waals surface area contributed by atoms with E-state index in [1.165, 1.54) is 37.3 Å². The van der Waals surface area contributed by atoms with Crippen LogP contribution in [0.5, 0.6) is 0 Å². The average Bonchev–Trinajstić information content (AvgIpc) is 2.64. The number of nitrogens with one attached hydrogen (secondary N) is 1. The Morgan fingerprint density at radius 2 is 2.36 bits per heavy atom. The van der Waals surface area contributed by atoms with Crippen LogP contribution in [0.1, 0.15) is 0 Å². The zero-order valence-electron chi connectivity index (χ0n) is 7.97. The zero-order valence-corrected chi connectivity index (χ0v) is 9.61. The van der Waals surface area contributed by atoms with Crippen molar-refractivity contribution in [3.63, 3.8) is 0 Å². The van der Waals surface area contributed by atoms with E-state index in [1.54, 1.807) is 0 Å². The average molecular weight is 234 g/mol. The molecule has 2 amide bonds. The van der Waals surface area contributed by atoms with E-state index in [0.717, 1.165) is 9.40 Å². The van der Waals surface area contributed by atoms with Gasteiger partial charge in [-0.2, -0.15) is 0 Å². The Balaban J connectivity index is 2.56. The Hall–Kier alpha value is -0.860. The lowest BCUT2D eigenvalue weighted by atomic mass is 10.9. The molecular weight excluding hydrogens is 224 g/mol. The molecule has 1 N–H and O–H groups in total. The number of urea groups is 1. The molecule has 1 aromatic rings. The third-order valence-electron chi connectivity index (χ3n) is 1.35.